The second-order valence-electron chi connectivity index (χ2n) is 4.64. The van der Waals surface area contributed by atoms with Gasteiger partial charge in [-0.1, -0.05) is 0 Å². The van der Waals surface area contributed by atoms with Crippen molar-refractivity contribution >= 4 is 11.7 Å². The molecule has 0 atom stereocenters. The van der Waals surface area contributed by atoms with Crippen LogP contribution in [0.25, 0.3) is 0 Å². The number of aliphatic hydroxyl groups is 1. The van der Waals surface area contributed by atoms with Gasteiger partial charge in [0.25, 0.3) is 5.91 Å². The Kier molecular flexibility index (Phi) is 5.22. The van der Waals surface area contributed by atoms with Crippen LogP contribution in [0.2, 0.25) is 0 Å². The Bertz CT molecular complexity index is 455. The Labute approximate surface area is 117 Å². The lowest BCUT2D eigenvalue weighted by Gasteiger charge is -2.21. The highest BCUT2D eigenvalue weighted by molar-refractivity contribution is 5.92. The molecule has 1 fully saturated rings. The predicted octanol–water partition coefficient (Wildman–Crippen LogP) is -1.10. The van der Waals surface area contributed by atoms with E-state index in [0.717, 1.165) is 19.5 Å². The molecule has 1 aromatic rings. The Morgan fingerprint density at radius 3 is 2.95 bits per heavy atom. The predicted molar refractivity (Wildman–Crippen MR) is 73.9 cm³/mol. The zero-order chi connectivity index (χ0) is 14.4. The van der Waals surface area contributed by atoms with E-state index in [4.69, 9.17) is 10.9 Å². The van der Waals surface area contributed by atoms with Gasteiger partial charge in [0.05, 0.1) is 19.0 Å². The number of carbonyl (C=O) groups excluding carboxylic acids is 1. The van der Waals surface area contributed by atoms with Crippen LogP contribution >= 0.6 is 0 Å². The molecule has 0 radical (unpaired) electrons. The smallest absolute Gasteiger partial charge is 0.274 e. The fraction of sp³-hybridized carbons (Fsp3) is 0.583. The first-order chi connectivity index (χ1) is 9.74. The second-order valence-corrected chi connectivity index (χ2v) is 4.64. The number of nitrogens with two attached hydrogens (primary N) is 1. The van der Waals surface area contributed by atoms with Gasteiger partial charge >= 0.3 is 0 Å². The Morgan fingerprint density at radius 2 is 2.20 bits per heavy atom. The molecule has 1 saturated heterocycles. The zero-order valence-corrected chi connectivity index (χ0v) is 11.3. The maximum absolute atomic E-state index is 12.4. The lowest BCUT2D eigenvalue weighted by atomic mass is 10.3. The van der Waals surface area contributed by atoms with Crippen LogP contribution in [-0.2, 0) is 0 Å². The van der Waals surface area contributed by atoms with Crippen LogP contribution < -0.4 is 11.3 Å². The van der Waals surface area contributed by atoms with Crippen molar-refractivity contribution in [2.24, 2.45) is 5.84 Å². The number of hydrogen-bond donors (Lipinski definition) is 3. The number of nitrogens with zero attached hydrogens (tertiary/aromatic N) is 4. The molecule has 8 nitrogen and oxygen atoms in total. The number of anilines is 1. The van der Waals surface area contributed by atoms with Crippen molar-refractivity contribution < 1.29 is 9.90 Å². The fourth-order valence-electron chi connectivity index (χ4n) is 2.24. The first-order valence-electron chi connectivity index (χ1n) is 6.65. The molecule has 1 aliphatic heterocycles. The summed E-state index contributed by atoms with van der Waals surface area (Å²) >= 11 is 0. The minimum Gasteiger partial charge on any atom is -0.395 e. The fourth-order valence-corrected chi connectivity index (χ4v) is 2.24. The van der Waals surface area contributed by atoms with Gasteiger partial charge in [0.15, 0.2) is 5.82 Å². The number of β-amino-alcohol motifs (C(OH)–C–C–N with tert-alkyl or cyclic N) is 1. The van der Waals surface area contributed by atoms with Crippen molar-refractivity contribution in [1.29, 1.82) is 0 Å². The van der Waals surface area contributed by atoms with Gasteiger partial charge < -0.3 is 15.4 Å². The summed E-state index contributed by atoms with van der Waals surface area (Å²) in [6.07, 6.45) is 3.79. The molecule has 20 heavy (non-hydrogen) atoms. The third kappa shape index (κ3) is 3.62. The first kappa shape index (κ1) is 14.6. The minimum absolute atomic E-state index is 0.138. The minimum atomic E-state index is -0.138. The van der Waals surface area contributed by atoms with Gasteiger partial charge in [-0.05, 0) is 13.0 Å². The van der Waals surface area contributed by atoms with Gasteiger partial charge in [0.1, 0.15) is 5.69 Å². The monoisotopic (exact) mass is 280 g/mol. The van der Waals surface area contributed by atoms with E-state index in [1.807, 2.05) is 0 Å². The van der Waals surface area contributed by atoms with E-state index in [0.29, 0.717) is 25.5 Å². The van der Waals surface area contributed by atoms with Gasteiger partial charge in [-0.25, -0.2) is 10.8 Å². The Hall–Kier alpha value is -1.77. The van der Waals surface area contributed by atoms with Crippen LogP contribution in [0.5, 0.6) is 0 Å². The van der Waals surface area contributed by atoms with Crippen LogP contribution in [0.15, 0.2) is 12.4 Å². The summed E-state index contributed by atoms with van der Waals surface area (Å²) in [4.78, 5) is 24.3. The molecule has 0 unspecified atom stereocenters. The van der Waals surface area contributed by atoms with Crippen LogP contribution in [0, 0.1) is 0 Å². The Morgan fingerprint density at radius 1 is 1.35 bits per heavy atom. The topological polar surface area (TPSA) is 108 Å². The van der Waals surface area contributed by atoms with Gasteiger partial charge in [-0.2, -0.15) is 0 Å². The molecule has 2 rings (SSSR count). The van der Waals surface area contributed by atoms with Crippen LogP contribution in [0.3, 0.4) is 0 Å². The molecule has 4 N–H and O–H groups in total. The average Bonchev–Trinajstić information content (AvgIpc) is 2.73. The summed E-state index contributed by atoms with van der Waals surface area (Å²) in [5.41, 5.74) is 2.67. The molecule has 0 aromatic carbocycles. The second kappa shape index (κ2) is 7.13. The van der Waals surface area contributed by atoms with Crippen molar-refractivity contribution in [3.63, 3.8) is 0 Å². The van der Waals surface area contributed by atoms with Gasteiger partial charge in [0, 0.05) is 26.2 Å². The number of nitrogens with one attached hydrogen (secondary N) is 1. The van der Waals surface area contributed by atoms with E-state index in [9.17, 15) is 4.79 Å². The summed E-state index contributed by atoms with van der Waals surface area (Å²) in [5, 5.41) is 8.96. The molecule has 1 amide bonds. The van der Waals surface area contributed by atoms with Crippen molar-refractivity contribution in [3.05, 3.63) is 18.1 Å². The van der Waals surface area contributed by atoms with Crippen molar-refractivity contribution in [2.45, 2.75) is 6.42 Å². The molecular formula is C12H20N6O2. The quantitative estimate of drug-likeness (QED) is 0.475. The van der Waals surface area contributed by atoms with E-state index >= 15 is 0 Å². The number of carbonyl (C=O) groups is 1. The van der Waals surface area contributed by atoms with E-state index in [2.05, 4.69) is 20.3 Å². The zero-order valence-electron chi connectivity index (χ0n) is 11.3. The Balaban J connectivity index is 2.01. The number of nitrogen functional groups attached to an aromatic ring is 1. The highest BCUT2D eigenvalue weighted by Gasteiger charge is 2.21. The van der Waals surface area contributed by atoms with Crippen molar-refractivity contribution in [3.8, 4) is 0 Å². The molecule has 0 aliphatic carbocycles. The molecule has 2 heterocycles. The summed E-state index contributed by atoms with van der Waals surface area (Å²) in [6, 6.07) is 0. The number of aliphatic hydroxyl groups excluding tert-OH is 1. The summed E-state index contributed by atoms with van der Waals surface area (Å²) in [5.74, 6) is 5.50. The normalized spacial score (nSPS) is 16.8. The van der Waals surface area contributed by atoms with Crippen LogP contribution in [0.4, 0.5) is 5.82 Å². The lowest BCUT2D eigenvalue weighted by molar-refractivity contribution is 0.0754. The standard InChI is InChI=1S/C12H20N6O2/c13-16-11-9-14-8-10(15-11)12(20)18-3-1-2-17(4-5-18)6-7-19/h8-9,19H,1-7,13H2,(H,15,16). The summed E-state index contributed by atoms with van der Waals surface area (Å²) < 4.78 is 0. The molecule has 1 aromatic heterocycles. The average molecular weight is 280 g/mol. The number of amides is 1. The molecule has 0 saturated carbocycles. The van der Waals surface area contributed by atoms with Gasteiger partial charge in [-0.15, -0.1) is 0 Å². The largest absolute Gasteiger partial charge is 0.395 e. The summed E-state index contributed by atoms with van der Waals surface area (Å²) in [6.45, 7) is 3.75. The maximum Gasteiger partial charge on any atom is 0.274 e. The van der Waals surface area contributed by atoms with Gasteiger partial charge in [0.2, 0.25) is 0 Å². The van der Waals surface area contributed by atoms with Crippen LogP contribution in [-0.4, -0.2) is 70.1 Å². The van der Waals surface area contributed by atoms with E-state index in [1.165, 1.54) is 12.4 Å². The maximum atomic E-state index is 12.4. The number of rotatable bonds is 4. The van der Waals surface area contributed by atoms with Crippen LogP contribution in [0.1, 0.15) is 16.9 Å². The molecular weight excluding hydrogens is 260 g/mol. The van der Waals surface area contributed by atoms with Crippen molar-refractivity contribution in [2.75, 3.05) is 44.8 Å². The molecule has 1 aliphatic rings. The first-order valence-corrected chi connectivity index (χ1v) is 6.65. The van der Waals surface area contributed by atoms with E-state index in [1.54, 1.807) is 4.90 Å². The molecule has 8 heteroatoms. The molecule has 110 valence electrons. The highest BCUT2D eigenvalue weighted by Crippen LogP contribution is 2.08. The van der Waals surface area contributed by atoms with Crippen molar-refractivity contribution in [1.82, 2.24) is 19.8 Å². The highest BCUT2D eigenvalue weighted by atomic mass is 16.3. The molecule has 0 spiro atoms. The third-order valence-corrected chi connectivity index (χ3v) is 3.29. The third-order valence-electron chi connectivity index (χ3n) is 3.29. The number of hydrogen-bond acceptors (Lipinski definition) is 7. The lowest BCUT2D eigenvalue weighted by Crippen LogP contribution is -2.36. The van der Waals surface area contributed by atoms with E-state index < -0.39 is 0 Å². The number of hydrazine groups is 1. The van der Waals surface area contributed by atoms with Gasteiger partial charge in [-0.3, -0.25) is 14.7 Å². The SMILES string of the molecule is NNc1cncc(C(=O)N2CCCN(CCO)CC2)n1. The molecule has 0 bridgehead atoms. The number of aromatic nitrogens is 2. The summed E-state index contributed by atoms with van der Waals surface area (Å²) in [7, 11) is 0. The van der Waals surface area contributed by atoms with E-state index in [-0.39, 0.29) is 18.2 Å².